The van der Waals surface area contributed by atoms with Crippen LogP contribution in [0.25, 0.3) is 0 Å². The van der Waals surface area contributed by atoms with Crippen LogP contribution >= 0.6 is 11.8 Å². The van der Waals surface area contributed by atoms with Crippen molar-refractivity contribution in [2.45, 2.75) is 32.4 Å². The van der Waals surface area contributed by atoms with Gasteiger partial charge in [-0.15, -0.1) is 0 Å². The minimum atomic E-state index is -2.80. The van der Waals surface area contributed by atoms with E-state index in [0.717, 1.165) is 19.0 Å². The van der Waals surface area contributed by atoms with Crippen LogP contribution in [-0.2, 0) is 9.84 Å². The number of hydrogen-bond donors (Lipinski definition) is 1. The zero-order valence-electron chi connectivity index (χ0n) is 10.8. The molecule has 0 bridgehead atoms. The Morgan fingerprint density at radius 2 is 1.88 bits per heavy atom. The van der Waals surface area contributed by atoms with Crippen molar-refractivity contribution >= 4 is 21.6 Å². The highest BCUT2D eigenvalue weighted by Crippen LogP contribution is 2.09. The van der Waals surface area contributed by atoms with E-state index in [1.54, 1.807) is 11.8 Å². The molecule has 0 saturated heterocycles. The van der Waals surface area contributed by atoms with Crippen LogP contribution in [0.1, 0.15) is 27.2 Å². The van der Waals surface area contributed by atoms with Crippen LogP contribution in [0.15, 0.2) is 0 Å². The average molecular weight is 267 g/mol. The Labute approximate surface area is 105 Å². The molecule has 3 nitrogen and oxygen atoms in total. The molecular formula is C11H25NO2S2. The van der Waals surface area contributed by atoms with Crippen LogP contribution in [0.5, 0.6) is 0 Å². The molecule has 0 aliphatic rings. The fourth-order valence-electron chi connectivity index (χ4n) is 1.16. The summed E-state index contributed by atoms with van der Waals surface area (Å²) in [4.78, 5) is 0. The van der Waals surface area contributed by atoms with Gasteiger partial charge in [0.2, 0.25) is 0 Å². The van der Waals surface area contributed by atoms with Gasteiger partial charge in [0.05, 0.1) is 5.75 Å². The summed E-state index contributed by atoms with van der Waals surface area (Å²) in [6.45, 7) is 8.57. The highest BCUT2D eigenvalue weighted by Gasteiger charge is 2.06. The van der Waals surface area contributed by atoms with Crippen LogP contribution in [0.2, 0.25) is 0 Å². The lowest BCUT2D eigenvalue weighted by atomic mass is 10.1. The summed E-state index contributed by atoms with van der Waals surface area (Å²) in [5.41, 5.74) is 0. The molecule has 0 aromatic heterocycles. The second-order valence-electron chi connectivity index (χ2n) is 4.70. The van der Waals surface area contributed by atoms with E-state index >= 15 is 0 Å². The highest BCUT2D eigenvalue weighted by atomic mass is 32.2. The summed E-state index contributed by atoms with van der Waals surface area (Å²) in [7, 11) is -2.80. The first-order valence-corrected chi connectivity index (χ1v) is 8.92. The third-order valence-corrected chi connectivity index (χ3v) is 4.57. The fraction of sp³-hybridized carbons (Fsp3) is 1.00. The van der Waals surface area contributed by atoms with Gasteiger partial charge in [-0.1, -0.05) is 20.8 Å². The van der Waals surface area contributed by atoms with Crippen molar-refractivity contribution in [2.24, 2.45) is 5.92 Å². The van der Waals surface area contributed by atoms with E-state index in [9.17, 15) is 8.42 Å². The lowest BCUT2D eigenvalue weighted by molar-refractivity contribution is 0.539. The molecule has 0 rings (SSSR count). The molecule has 1 atom stereocenters. The van der Waals surface area contributed by atoms with Crippen LogP contribution in [-0.4, -0.2) is 44.5 Å². The van der Waals surface area contributed by atoms with Gasteiger partial charge in [0.1, 0.15) is 9.84 Å². The van der Waals surface area contributed by atoms with E-state index < -0.39 is 9.84 Å². The highest BCUT2D eigenvalue weighted by molar-refractivity contribution is 8.01. The summed E-state index contributed by atoms with van der Waals surface area (Å²) >= 11 is 1.72. The van der Waals surface area contributed by atoms with E-state index in [4.69, 9.17) is 0 Å². The fourth-order valence-corrected chi connectivity index (χ4v) is 3.39. The topological polar surface area (TPSA) is 46.2 Å². The predicted octanol–water partition coefficient (Wildman–Crippen LogP) is 1.79. The molecule has 1 N–H and O–H groups in total. The average Bonchev–Trinajstić information content (AvgIpc) is 2.10. The Bertz CT molecular complexity index is 263. The Kier molecular flexibility index (Phi) is 8.50. The Morgan fingerprint density at radius 1 is 1.25 bits per heavy atom. The second-order valence-corrected chi connectivity index (χ2v) is 8.50. The monoisotopic (exact) mass is 267 g/mol. The van der Waals surface area contributed by atoms with Gasteiger partial charge in [-0.2, -0.15) is 11.8 Å². The SMILES string of the molecule is CC(C)CCNCC(C)SCCS(C)(=O)=O. The van der Waals surface area contributed by atoms with Gasteiger partial charge in [-0.25, -0.2) is 8.42 Å². The maximum absolute atomic E-state index is 10.9. The van der Waals surface area contributed by atoms with Gasteiger partial charge in [0, 0.05) is 23.8 Å². The Hall–Kier alpha value is 0.260. The summed E-state index contributed by atoms with van der Waals surface area (Å²) in [6, 6.07) is 0. The van der Waals surface area contributed by atoms with Gasteiger partial charge in [-0.3, -0.25) is 0 Å². The molecule has 1 unspecified atom stereocenters. The molecule has 0 aliphatic carbocycles. The number of sulfone groups is 1. The van der Waals surface area contributed by atoms with Crippen molar-refractivity contribution in [3.8, 4) is 0 Å². The lowest BCUT2D eigenvalue weighted by Gasteiger charge is -2.12. The third-order valence-electron chi connectivity index (χ3n) is 2.19. The number of nitrogens with one attached hydrogen (secondary N) is 1. The number of thioether (sulfide) groups is 1. The van der Waals surface area contributed by atoms with Crippen molar-refractivity contribution in [3.63, 3.8) is 0 Å². The molecule has 0 spiro atoms. The first-order valence-electron chi connectivity index (χ1n) is 5.81. The van der Waals surface area contributed by atoms with Gasteiger partial charge in [0.15, 0.2) is 0 Å². The number of hydrogen-bond acceptors (Lipinski definition) is 4. The van der Waals surface area contributed by atoms with Gasteiger partial charge < -0.3 is 5.32 Å². The quantitative estimate of drug-likeness (QED) is 0.647. The van der Waals surface area contributed by atoms with Crippen molar-refractivity contribution in [3.05, 3.63) is 0 Å². The molecule has 98 valence electrons. The minimum Gasteiger partial charge on any atom is -0.316 e. The Balaban J connectivity index is 3.41. The van der Waals surface area contributed by atoms with Crippen molar-refractivity contribution in [1.82, 2.24) is 5.32 Å². The molecule has 0 fully saturated rings. The van der Waals surface area contributed by atoms with E-state index in [1.807, 2.05) is 0 Å². The zero-order chi connectivity index (χ0) is 12.6. The lowest BCUT2D eigenvalue weighted by Crippen LogP contribution is -2.25. The van der Waals surface area contributed by atoms with Crippen LogP contribution in [0.3, 0.4) is 0 Å². The van der Waals surface area contributed by atoms with Crippen molar-refractivity contribution in [2.75, 3.05) is 30.9 Å². The Morgan fingerprint density at radius 3 is 2.38 bits per heavy atom. The van der Waals surface area contributed by atoms with Crippen LogP contribution < -0.4 is 5.32 Å². The summed E-state index contributed by atoms with van der Waals surface area (Å²) < 4.78 is 21.8. The minimum absolute atomic E-state index is 0.286. The maximum atomic E-state index is 10.9. The third kappa shape index (κ3) is 12.3. The molecule has 5 heteroatoms. The van der Waals surface area contributed by atoms with E-state index in [-0.39, 0.29) is 5.75 Å². The summed E-state index contributed by atoms with van der Waals surface area (Å²) in [5, 5.41) is 3.87. The molecule has 0 amide bonds. The molecule has 0 aromatic carbocycles. The predicted molar refractivity (Wildman–Crippen MR) is 74.0 cm³/mol. The molecule has 0 aliphatic heterocycles. The molecule has 0 radical (unpaired) electrons. The van der Waals surface area contributed by atoms with Gasteiger partial charge >= 0.3 is 0 Å². The first kappa shape index (κ1) is 16.3. The molecule has 0 aromatic rings. The van der Waals surface area contributed by atoms with Crippen molar-refractivity contribution in [1.29, 1.82) is 0 Å². The van der Waals surface area contributed by atoms with Crippen LogP contribution in [0, 0.1) is 5.92 Å². The molecule has 0 saturated carbocycles. The van der Waals surface area contributed by atoms with Crippen LogP contribution in [0.4, 0.5) is 0 Å². The molecular weight excluding hydrogens is 242 g/mol. The maximum Gasteiger partial charge on any atom is 0.148 e. The van der Waals surface area contributed by atoms with E-state index in [2.05, 4.69) is 26.1 Å². The zero-order valence-corrected chi connectivity index (χ0v) is 12.5. The largest absolute Gasteiger partial charge is 0.316 e. The van der Waals surface area contributed by atoms with Crippen molar-refractivity contribution < 1.29 is 8.42 Å². The van der Waals surface area contributed by atoms with Gasteiger partial charge in [-0.05, 0) is 18.9 Å². The van der Waals surface area contributed by atoms with E-state index in [1.165, 1.54) is 12.7 Å². The van der Waals surface area contributed by atoms with E-state index in [0.29, 0.717) is 11.0 Å². The number of rotatable bonds is 9. The summed E-state index contributed by atoms with van der Waals surface area (Å²) in [6.07, 6.45) is 2.49. The summed E-state index contributed by atoms with van der Waals surface area (Å²) in [5.74, 6) is 1.72. The smallest absolute Gasteiger partial charge is 0.148 e. The molecule has 16 heavy (non-hydrogen) atoms. The standard InChI is InChI=1S/C11H25NO2S2/c1-10(2)5-6-12-9-11(3)15-7-8-16(4,13)14/h10-12H,5-9H2,1-4H3. The molecule has 0 heterocycles. The normalized spacial score (nSPS) is 14.3. The first-order chi connectivity index (χ1) is 7.31. The second kappa shape index (κ2) is 8.37. The van der Waals surface area contributed by atoms with Gasteiger partial charge in [0.25, 0.3) is 0 Å².